The smallest absolute Gasteiger partial charge is 0.234 e. The number of aromatic nitrogens is 2. The van der Waals surface area contributed by atoms with E-state index in [-0.39, 0.29) is 5.91 Å². The van der Waals surface area contributed by atoms with Gasteiger partial charge in [-0.05, 0) is 6.92 Å². The molecule has 0 aromatic carbocycles. The summed E-state index contributed by atoms with van der Waals surface area (Å²) >= 11 is 0. The Morgan fingerprint density at radius 3 is 2.67 bits per heavy atom. The van der Waals surface area contributed by atoms with E-state index in [0.717, 1.165) is 0 Å². The van der Waals surface area contributed by atoms with Crippen LogP contribution >= 0.6 is 0 Å². The van der Waals surface area contributed by atoms with Crippen molar-refractivity contribution in [2.24, 2.45) is 0 Å². The summed E-state index contributed by atoms with van der Waals surface area (Å²) in [6.07, 6.45) is 2.96. The van der Waals surface area contributed by atoms with Crippen LogP contribution in [0.25, 0.3) is 0 Å². The third-order valence-corrected chi connectivity index (χ3v) is 1.21. The van der Waals surface area contributed by atoms with Gasteiger partial charge in [-0.1, -0.05) is 13.8 Å². The van der Waals surface area contributed by atoms with Gasteiger partial charge in [0.25, 0.3) is 0 Å². The predicted octanol–water partition coefficient (Wildman–Crippen LogP) is 1.86. The molecule has 1 heterocycles. The highest BCUT2D eigenvalue weighted by atomic mass is 16.5. The molecule has 84 valence electrons. The molecule has 1 amide bonds. The largest absolute Gasteiger partial charge is 0.477 e. The molecule has 5 nitrogen and oxygen atoms in total. The van der Waals surface area contributed by atoms with Crippen molar-refractivity contribution in [1.29, 1.82) is 0 Å². The Labute approximate surface area is 89.9 Å². The summed E-state index contributed by atoms with van der Waals surface area (Å²) in [6, 6.07) is 0. The van der Waals surface area contributed by atoms with Gasteiger partial charge in [0, 0.05) is 6.92 Å². The maximum Gasteiger partial charge on any atom is 0.234 e. The minimum absolute atomic E-state index is 0.178. The zero-order chi connectivity index (χ0) is 11.7. The van der Waals surface area contributed by atoms with Gasteiger partial charge < -0.3 is 10.1 Å². The van der Waals surface area contributed by atoms with Crippen LogP contribution in [-0.2, 0) is 4.79 Å². The Morgan fingerprint density at radius 2 is 2.13 bits per heavy atom. The van der Waals surface area contributed by atoms with Crippen LogP contribution in [0.5, 0.6) is 5.88 Å². The van der Waals surface area contributed by atoms with E-state index in [0.29, 0.717) is 18.3 Å². The summed E-state index contributed by atoms with van der Waals surface area (Å²) in [5.74, 6) is 0.634. The van der Waals surface area contributed by atoms with Crippen molar-refractivity contribution in [3.63, 3.8) is 0 Å². The Balaban J connectivity index is 0.000000921. The first-order valence-electron chi connectivity index (χ1n) is 4.94. The third-order valence-electron chi connectivity index (χ3n) is 1.21. The Kier molecular flexibility index (Phi) is 6.88. The fourth-order valence-corrected chi connectivity index (χ4v) is 0.806. The van der Waals surface area contributed by atoms with Crippen LogP contribution in [0.1, 0.15) is 27.7 Å². The summed E-state index contributed by atoms with van der Waals surface area (Å²) in [5, 5.41) is 2.51. The number of anilines is 1. The molecule has 15 heavy (non-hydrogen) atoms. The summed E-state index contributed by atoms with van der Waals surface area (Å²) in [7, 11) is 0. The van der Waals surface area contributed by atoms with Crippen molar-refractivity contribution in [1.82, 2.24) is 9.97 Å². The second-order valence-corrected chi connectivity index (χ2v) is 2.36. The van der Waals surface area contributed by atoms with E-state index in [2.05, 4.69) is 15.3 Å². The molecule has 0 aliphatic heterocycles. The van der Waals surface area contributed by atoms with E-state index in [9.17, 15) is 4.79 Å². The molecule has 0 saturated carbocycles. The lowest BCUT2D eigenvalue weighted by molar-refractivity contribution is -0.114. The van der Waals surface area contributed by atoms with Gasteiger partial charge in [-0.15, -0.1) is 0 Å². The van der Waals surface area contributed by atoms with Gasteiger partial charge >= 0.3 is 0 Å². The fourth-order valence-electron chi connectivity index (χ4n) is 0.806. The number of carbonyl (C=O) groups excluding carboxylic acids is 1. The molecule has 1 aromatic heterocycles. The number of hydrogen-bond acceptors (Lipinski definition) is 4. The van der Waals surface area contributed by atoms with Crippen LogP contribution in [0.3, 0.4) is 0 Å². The second-order valence-electron chi connectivity index (χ2n) is 2.36. The number of rotatable bonds is 3. The zero-order valence-electron chi connectivity index (χ0n) is 9.57. The highest BCUT2D eigenvalue weighted by Crippen LogP contribution is 2.08. The van der Waals surface area contributed by atoms with E-state index in [1.165, 1.54) is 19.3 Å². The normalized spacial score (nSPS) is 8.53. The van der Waals surface area contributed by atoms with Gasteiger partial charge in [-0.25, -0.2) is 0 Å². The molecule has 0 bridgehead atoms. The molecule has 0 spiro atoms. The number of nitrogens with one attached hydrogen (secondary N) is 1. The van der Waals surface area contributed by atoms with Gasteiger partial charge in [0.1, 0.15) is 0 Å². The van der Waals surface area contributed by atoms with Crippen LogP contribution in [0, 0.1) is 0 Å². The highest BCUT2D eigenvalue weighted by Gasteiger charge is 1.99. The minimum Gasteiger partial charge on any atom is -0.477 e. The third kappa shape index (κ3) is 5.61. The van der Waals surface area contributed by atoms with Crippen molar-refractivity contribution in [3.8, 4) is 5.88 Å². The predicted molar refractivity (Wildman–Crippen MR) is 58.9 cm³/mol. The average molecular weight is 211 g/mol. The van der Waals surface area contributed by atoms with E-state index >= 15 is 0 Å². The molecular weight excluding hydrogens is 194 g/mol. The Hall–Kier alpha value is -1.65. The molecule has 1 aromatic rings. The lowest BCUT2D eigenvalue weighted by Crippen LogP contribution is -2.08. The first kappa shape index (κ1) is 13.4. The van der Waals surface area contributed by atoms with Gasteiger partial charge in [0.2, 0.25) is 11.8 Å². The Morgan fingerprint density at radius 1 is 1.47 bits per heavy atom. The second kappa shape index (κ2) is 7.73. The molecule has 5 heteroatoms. The van der Waals surface area contributed by atoms with Crippen LogP contribution in [0.2, 0.25) is 0 Å². The van der Waals surface area contributed by atoms with Gasteiger partial charge in [0.15, 0.2) is 5.82 Å². The molecule has 1 N–H and O–H groups in total. The fraction of sp³-hybridized carbons (Fsp3) is 0.500. The first-order chi connectivity index (χ1) is 7.22. The van der Waals surface area contributed by atoms with Gasteiger partial charge in [-0.2, -0.15) is 4.98 Å². The minimum atomic E-state index is -0.178. The van der Waals surface area contributed by atoms with Gasteiger partial charge in [-0.3, -0.25) is 9.78 Å². The summed E-state index contributed by atoms with van der Waals surface area (Å²) < 4.78 is 5.10. The summed E-state index contributed by atoms with van der Waals surface area (Å²) in [4.78, 5) is 18.5. The number of carbonyl (C=O) groups is 1. The van der Waals surface area contributed by atoms with Crippen molar-refractivity contribution in [3.05, 3.63) is 12.4 Å². The van der Waals surface area contributed by atoms with Crippen molar-refractivity contribution >= 4 is 11.7 Å². The molecular formula is C10H17N3O2. The number of ether oxygens (including phenoxy) is 1. The molecule has 0 aliphatic carbocycles. The monoisotopic (exact) mass is 211 g/mol. The number of nitrogens with zero attached hydrogens (tertiary/aromatic N) is 2. The lowest BCUT2D eigenvalue weighted by atomic mass is 10.6. The Bertz CT molecular complexity index is 302. The summed E-state index contributed by atoms with van der Waals surface area (Å²) in [5.41, 5.74) is 0. The zero-order valence-corrected chi connectivity index (χ0v) is 9.57. The highest BCUT2D eigenvalue weighted by molar-refractivity contribution is 5.87. The standard InChI is InChI=1S/C8H11N3O2.C2H6/c1-3-13-8-5-9-4-7(11-8)10-6(2)12;1-2/h4-5H,3H2,1-2H3,(H,10,11,12);1-2H3. The quantitative estimate of drug-likeness (QED) is 0.828. The maximum absolute atomic E-state index is 10.7. The van der Waals surface area contributed by atoms with Gasteiger partial charge in [0.05, 0.1) is 19.0 Å². The topological polar surface area (TPSA) is 64.1 Å². The molecule has 0 fully saturated rings. The molecule has 0 saturated heterocycles. The molecule has 0 aliphatic rings. The van der Waals surface area contributed by atoms with E-state index in [1.807, 2.05) is 20.8 Å². The molecule has 0 radical (unpaired) electrons. The van der Waals surface area contributed by atoms with Crippen LogP contribution in [-0.4, -0.2) is 22.5 Å². The number of hydrogen-bond donors (Lipinski definition) is 1. The molecule has 1 rings (SSSR count). The van der Waals surface area contributed by atoms with Crippen LogP contribution in [0.15, 0.2) is 12.4 Å². The van der Waals surface area contributed by atoms with Crippen molar-refractivity contribution in [2.75, 3.05) is 11.9 Å². The summed E-state index contributed by atoms with van der Waals surface area (Å²) in [6.45, 7) is 7.79. The first-order valence-corrected chi connectivity index (χ1v) is 4.94. The van der Waals surface area contributed by atoms with Crippen LogP contribution < -0.4 is 10.1 Å². The van der Waals surface area contributed by atoms with E-state index in [1.54, 1.807) is 0 Å². The maximum atomic E-state index is 10.7. The van der Waals surface area contributed by atoms with Crippen molar-refractivity contribution in [2.45, 2.75) is 27.7 Å². The number of amides is 1. The molecule has 0 unspecified atom stereocenters. The van der Waals surface area contributed by atoms with E-state index < -0.39 is 0 Å². The van der Waals surface area contributed by atoms with E-state index in [4.69, 9.17) is 4.74 Å². The average Bonchev–Trinajstić information content (AvgIpc) is 2.21. The van der Waals surface area contributed by atoms with Crippen molar-refractivity contribution < 1.29 is 9.53 Å². The SMILES string of the molecule is CC.CCOc1cncc(NC(C)=O)n1. The molecule has 0 atom stereocenters. The van der Waals surface area contributed by atoms with Crippen LogP contribution in [0.4, 0.5) is 5.82 Å². The lowest BCUT2D eigenvalue weighted by Gasteiger charge is -2.03.